The second-order valence-corrected chi connectivity index (χ2v) is 10.9. The van der Waals surface area contributed by atoms with E-state index in [-0.39, 0.29) is 20.4 Å². The molecule has 0 atom stereocenters. The van der Waals surface area contributed by atoms with E-state index in [2.05, 4.69) is 113 Å². The van der Waals surface area contributed by atoms with Crippen LogP contribution < -0.4 is 9.80 Å². The van der Waals surface area contributed by atoms with Crippen molar-refractivity contribution < 1.29 is 20.4 Å². The van der Waals surface area contributed by atoms with Gasteiger partial charge in [0.15, 0.2) is 0 Å². The largest absolute Gasteiger partial charge is 2.00 e. The number of benzene rings is 2. The van der Waals surface area contributed by atoms with Gasteiger partial charge in [0.1, 0.15) is 0 Å². The van der Waals surface area contributed by atoms with E-state index in [1.807, 2.05) is 45.5 Å². The molecule has 0 fully saturated rings. The predicted molar refractivity (Wildman–Crippen MR) is 161 cm³/mol. The zero-order valence-electron chi connectivity index (χ0n) is 23.6. The maximum Gasteiger partial charge on any atom is 2.00 e. The minimum absolute atomic E-state index is 0. The predicted octanol–water partition coefficient (Wildman–Crippen LogP) is 6.42. The van der Waals surface area contributed by atoms with Crippen LogP contribution in [0.5, 0.6) is 0 Å². The fourth-order valence-electron chi connectivity index (χ4n) is 4.93. The molecule has 6 rings (SSSR count). The smallest absolute Gasteiger partial charge is 0.429 e. The Balaban J connectivity index is 0.00000323. The molecule has 0 saturated carbocycles. The van der Waals surface area contributed by atoms with Gasteiger partial charge in [0.25, 0.3) is 0 Å². The van der Waals surface area contributed by atoms with Gasteiger partial charge in [-0.15, -0.1) is 35.0 Å². The normalized spacial score (nSPS) is 11.6. The van der Waals surface area contributed by atoms with Crippen LogP contribution in [0.15, 0.2) is 84.9 Å². The quantitative estimate of drug-likeness (QED) is 0.160. The second-order valence-electron chi connectivity index (χ2n) is 10.9. The van der Waals surface area contributed by atoms with Crippen LogP contribution >= 0.6 is 0 Å². The molecule has 0 radical (unpaired) electrons. The van der Waals surface area contributed by atoms with E-state index >= 15 is 0 Å². The molecule has 7 heteroatoms. The molecule has 0 unspecified atom stereocenters. The average Bonchev–Trinajstić information content (AvgIpc) is 3.57. The Kier molecular flexibility index (Phi) is 7.31. The Bertz CT molecular complexity index is 1680. The number of para-hydroxylation sites is 2. The molecule has 4 aromatic heterocycles. The van der Waals surface area contributed by atoms with E-state index in [0.29, 0.717) is 0 Å². The van der Waals surface area contributed by atoms with Crippen molar-refractivity contribution in [2.24, 2.45) is 0 Å². The molecule has 0 amide bonds. The topological polar surface area (TPSA) is 42.1 Å². The zero-order valence-corrected chi connectivity index (χ0v) is 25.1. The molecular formula is C33H32N6Pd. The number of fused-ring (bicyclic) bond motifs is 2. The van der Waals surface area contributed by atoms with Crippen LogP contribution in [0.3, 0.4) is 0 Å². The summed E-state index contributed by atoms with van der Waals surface area (Å²) in [5.74, 6) is 1.67. The van der Waals surface area contributed by atoms with Gasteiger partial charge in [0, 0.05) is 56.4 Å². The van der Waals surface area contributed by atoms with E-state index in [1.54, 1.807) is 0 Å². The maximum absolute atomic E-state index is 5.21. The van der Waals surface area contributed by atoms with E-state index in [9.17, 15) is 0 Å². The molecule has 2 aromatic carbocycles. The molecule has 204 valence electrons. The van der Waals surface area contributed by atoms with Crippen molar-refractivity contribution in [2.75, 3.05) is 38.0 Å². The third kappa shape index (κ3) is 4.81. The van der Waals surface area contributed by atoms with E-state index in [0.717, 1.165) is 56.2 Å². The summed E-state index contributed by atoms with van der Waals surface area (Å²) in [6, 6.07) is 29.2. The van der Waals surface area contributed by atoms with Crippen LogP contribution in [-0.4, -0.2) is 47.3 Å². The van der Waals surface area contributed by atoms with Crippen molar-refractivity contribution in [1.82, 2.24) is 19.1 Å². The van der Waals surface area contributed by atoms with Crippen molar-refractivity contribution in [3.8, 4) is 11.6 Å². The Hall–Kier alpha value is -3.92. The van der Waals surface area contributed by atoms with Gasteiger partial charge in [0.05, 0.1) is 11.6 Å². The third-order valence-corrected chi connectivity index (χ3v) is 7.42. The third-order valence-electron chi connectivity index (χ3n) is 7.42. The maximum atomic E-state index is 5.21. The fourth-order valence-corrected chi connectivity index (χ4v) is 4.93. The Morgan fingerprint density at radius 1 is 0.625 bits per heavy atom. The molecule has 0 N–H and O–H groups in total. The minimum Gasteiger partial charge on any atom is -0.429 e. The summed E-state index contributed by atoms with van der Waals surface area (Å²) in [4.78, 5) is 14.7. The number of nitrogens with zero attached hydrogens (tertiary/aromatic N) is 6. The molecule has 0 aliphatic carbocycles. The van der Waals surface area contributed by atoms with E-state index < -0.39 is 5.41 Å². The van der Waals surface area contributed by atoms with Crippen LogP contribution in [0.4, 0.5) is 11.4 Å². The first-order chi connectivity index (χ1) is 18.7. The number of anilines is 2. The van der Waals surface area contributed by atoms with Crippen LogP contribution in [0.2, 0.25) is 0 Å². The first kappa shape index (κ1) is 27.6. The van der Waals surface area contributed by atoms with Gasteiger partial charge in [-0.05, 0) is 38.1 Å². The first-order valence-electron chi connectivity index (χ1n) is 13.1. The summed E-state index contributed by atoms with van der Waals surface area (Å²) in [5.41, 5.74) is 5.68. The molecule has 6 nitrogen and oxygen atoms in total. The van der Waals surface area contributed by atoms with Crippen molar-refractivity contribution in [2.45, 2.75) is 19.3 Å². The van der Waals surface area contributed by atoms with Crippen molar-refractivity contribution in [3.63, 3.8) is 0 Å². The van der Waals surface area contributed by atoms with Gasteiger partial charge in [-0.2, -0.15) is 0 Å². The number of hydrogen-bond donors (Lipinski definition) is 0. The van der Waals surface area contributed by atoms with E-state index in [4.69, 9.17) is 9.97 Å². The number of pyridine rings is 2. The van der Waals surface area contributed by atoms with Crippen LogP contribution in [0.1, 0.15) is 25.2 Å². The van der Waals surface area contributed by atoms with Crippen molar-refractivity contribution in [1.29, 1.82) is 0 Å². The first-order valence-corrected chi connectivity index (χ1v) is 13.1. The molecule has 0 bridgehead atoms. The van der Waals surface area contributed by atoms with Crippen molar-refractivity contribution >= 4 is 33.2 Å². The fraction of sp³-hybridized carbons (Fsp3) is 0.212. The summed E-state index contributed by atoms with van der Waals surface area (Å²) >= 11 is 0. The Morgan fingerprint density at radius 3 is 1.43 bits per heavy atom. The SMILES string of the molecule is CN(C)c1cc(-n2[c-]cc3ccccc32)nc(C(C)(C)c2cc(N(C)C)cc(-n3[c-]cc4ccccc43)n2)c1.[Pd+2]. The molecule has 0 spiro atoms. The monoisotopic (exact) mass is 618 g/mol. The van der Waals surface area contributed by atoms with Gasteiger partial charge < -0.3 is 18.9 Å². The molecule has 0 saturated heterocycles. The van der Waals surface area contributed by atoms with Gasteiger partial charge in [-0.3, -0.25) is 9.97 Å². The summed E-state index contributed by atoms with van der Waals surface area (Å²) in [6.45, 7) is 4.39. The second kappa shape index (κ2) is 10.6. The van der Waals surface area contributed by atoms with Crippen molar-refractivity contribution in [3.05, 3.63) is 109 Å². The number of aromatic nitrogens is 4. The standard InChI is InChI=1S/C33H32N6.Pd/c1-33(2,29-19-25(36(3)4)21-31(34-29)38-17-15-23-11-7-9-13-27(23)38)30-20-26(37(5)6)22-32(35-30)39-18-16-24-12-8-10-14-28(24)39;/h7-16,19-22H,1-6H3;/q-2;+2. The van der Waals surface area contributed by atoms with E-state index in [1.165, 1.54) is 0 Å². The average molecular weight is 619 g/mol. The Labute approximate surface area is 249 Å². The van der Waals surface area contributed by atoms with Gasteiger partial charge >= 0.3 is 20.4 Å². The van der Waals surface area contributed by atoms with Crippen LogP contribution in [-0.2, 0) is 25.8 Å². The number of hydrogen-bond acceptors (Lipinski definition) is 4. The summed E-state index contributed by atoms with van der Waals surface area (Å²) in [7, 11) is 8.24. The number of rotatable bonds is 6. The minimum atomic E-state index is -0.493. The van der Waals surface area contributed by atoms with Gasteiger partial charge in [-0.25, -0.2) is 0 Å². The Morgan fingerprint density at radius 2 is 1.02 bits per heavy atom. The summed E-state index contributed by atoms with van der Waals surface area (Å²) in [5, 5.41) is 2.27. The van der Waals surface area contributed by atoms with Gasteiger partial charge in [-0.1, -0.05) is 59.8 Å². The summed E-state index contributed by atoms with van der Waals surface area (Å²) < 4.78 is 4.08. The molecule has 0 aliphatic rings. The van der Waals surface area contributed by atoms with Crippen LogP contribution in [0.25, 0.3) is 33.4 Å². The van der Waals surface area contributed by atoms with Gasteiger partial charge in [0.2, 0.25) is 0 Å². The van der Waals surface area contributed by atoms with Crippen LogP contribution in [0, 0.1) is 12.4 Å². The molecule has 4 heterocycles. The molecule has 40 heavy (non-hydrogen) atoms. The summed E-state index contributed by atoms with van der Waals surface area (Å²) in [6.07, 6.45) is 6.78. The zero-order chi connectivity index (χ0) is 27.3. The molecular weight excluding hydrogens is 587 g/mol. The molecule has 6 aromatic rings. The molecule has 0 aliphatic heterocycles.